The maximum Gasteiger partial charge on any atom is 0.335 e. The number of carbonyl (C=O) groups is 3. The van der Waals surface area contributed by atoms with Gasteiger partial charge >= 0.3 is 5.97 Å². The lowest BCUT2D eigenvalue weighted by molar-refractivity contribution is -0.137. The smallest absolute Gasteiger partial charge is 0.335 e. The number of nitrogens with zero attached hydrogens (tertiary/aromatic N) is 1. The summed E-state index contributed by atoms with van der Waals surface area (Å²) in [4.78, 5) is 36.4. The molecule has 0 saturated carbocycles. The number of nitrogens with one attached hydrogen (secondary N) is 1. The van der Waals surface area contributed by atoms with Crippen molar-refractivity contribution in [1.29, 1.82) is 0 Å². The van der Waals surface area contributed by atoms with Gasteiger partial charge in [-0.25, -0.2) is 4.79 Å². The second-order valence-electron chi connectivity index (χ2n) is 4.95. The molecule has 1 aliphatic heterocycles. The lowest BCUT2D eigenvalue weighted by Crippen LogP contribution is -2.46. The molecule has 22 heavy (non-hydrogen) atoms. The monoisotopic (exact) mass is 322 g/mol. The summed E-state index contributed by atoms with van der Waals surface area (Å²) in [6.07, 6.45) is 0.390. The number of thioether (sulfide) groups is 1. The van der Waals surface area contributed by atoms with Crippen LogP contribution in [0.15, 0.2) is 24.3 Å². The first-order valence-electron chi connectivity index (χ1n) is 7.00. The van der Waals surface area contributed by atoms with Crippen LogP contribution in [-0.2, 0) is 16.1 Å². The Labute approximate surface area is 132 Å². The fourth-order valence-electron chi connectivity index (χ4n) is 2.18. The molecule has 1 heterocycles. The van der Waals surface area contributed by atoms with Crippen molar-refractivity contribution in [2.45, 2.75) is 25.9 Å². The Balaban J connectivity index is 1.92. The van der Waals surface area contributed by atoms with Crippen LogP contribution in [0.4, 0.5) is 0 Å². The molecule has 1 saturated heterocycles. The number of rotatable bonds is 5. The number of hydrogen-bond acceptors (Lipinski definition) is 4. The average Bonchev–Trinajstić information content (AvgIpc) is 3.01. The predicted octanol–water partition coefficient (Wildman–Crippen LogP) is 1.31. The van der Waals surface area contributed by atoms with Crippen LogP contribution >= 0.6 is 11.8 Å². The molecular weight excluding hydrogens is 304 g/mol. The van der Waals surface area contributed by atoms with E-state index in [0.717, 1.165) is 5.56 Å². The van der Waals surface area contributed by atoms with Gasteiger partial charge in [-0.2, -0.15) is 0 Å². The molecule has 2 amide bonds. The van der Waals surface area contributed by atoms with Crippen molar-refractivity contribution < 1.29 is 19.5 Å². The SMILES string of the molecule is CCC(=O)N1CSCC1C(=O)NCc1ccc(C(=O)O)cc1. The minimum absolute atomic E-state index is 0.0176. The van der Waals surface area contributed by atoms with E-state index in [9.17, 15) is 14.4 Å². The van der Waals surface area contributed by atoms with Gasteiger partial charge in [-0.1, -0.05) is 19.1 Å². The van der Waals surface area contributed by atoms with Gasteiger partial charge in [0.1, 0.15) is 6.04 Å². The molecule has 2 N–H and O–H groups in total. The first-order chi connectivity index (χ1) is 10.5. The molecule has 1 aromatic rings. The maximum atomic E-state index is 12.2. The first kappa shape index (κ1) is 16.4. The fourth-order valence-corrected chi connectivity index (χ4v) is 3.36. The Morgan fingerprint density at radius 1 is 1.32 bits per heavy atom. The van der Waals surface area contributed by atoms with E-state index in [1.165, 1.54) is 12.1 Å². The van der Waals surface area contributed by atoms with Crippen molar-refractivity contribution in [2.75, 3.05) is 11.6 Å². The van der Waals surface area contributed by atoms with Crippen molar-refractivity contribution in [3.8, 4) is 0 Å². The third-order valence-corrected chi connectivity index (χ3v) is 4.49. The van der Waals surface area contributed by atoms with Gasteiger partial charge in [-0.05, 0) is 17.7 Å². The minimum Gasteiger partial charge on any atom is -0.478 e. The van der Waals surface area contributed by atoms with E-state index in [0.29, 0.717) is 24.6 Å². The van der Waals surface area contributed by atoms with Crippen LogP contribution in [0.1, 0.15) is 29.3 Å². The number of hydrogen-bond donors (Lipinski definition) is 2. The van der Waals surface area contributed by atoms with Gasteiger partial charge in [0.2, 0.25) is 11.8 Å². The molecule has 0 aliphatic carbocycles. The lowest BCUT2D eigenvalue weighted by Gasteiger charge is -2.22. The summed E-state index contributed by atoms with van der Waals surface area (Å²) in [5.74, 6) is -0.00880. The molecule has 1 atom stereocenters. The van der Waals surface area contributed by atoms with Crippen LogP contribution in [0.3, 0.4) is 0 Å². The van der Waals surface area contributed by atoms with Gasteiger partial charge in [0.05, 0.1) is 11.4 Å². The van der Waals surface area contributed by atoms with Crippen LogP contribution in [-0.4, -0.2) is 45.5 Å². The Hall–Kier alpha value is -2.02. The van der Waals surface area contributed by atoms with Gasteiger partial charge in [0.25, 0.3) is 0 Å². The maximum absolute atomic E-state index is 12.2. The van der Waals surface area contributed by atoms with Gasteiger partial charge in [0.15, 0.2) is 0 Å². The predicted molar refractivity (Wildman–Crippen MR) is 83.5 cm³/mol. The average molecular weight is 322 g/mol. The molecule has 118 valence electrons. The van der Waals surface area contributed by atoms with Crippen molar-refractivity contribution >= 4 is 29.5 Å². The summed E-state index contributed by atoms with van der Waals surface area (Å²) in [7, 11) is 0. The molecule has 0 spiro atoms. The van der Waals surface area contributed by atoms with Gasteiger partial charge in [-0.15, -0.1) is 11.8 Å². The second kappa shape index (κ2) is 7.31. The Morgan fingerprint density at radius 3 is 2.59 bits per heavy atom. The van der Waals surface area contributed by atoms with Gasteiger partial charge < -0.3 is 15.3 Å². The summed E-state index contributed by atoms with van der Waals surface area (Å²) >= 11 is 1.57. The van der Waals surface area contributed by atoms with Crippen molar-refractivity contribution in [3.05, 3.63) is 35.4 Å². The zero-order valence-electron chi connectivity index (χ0n) is 12.2. The molecule has 1 aromatic carbocycles. The van der Waals surface area contributed by atoms with E-state index >= 15 is 0 Å². The Morgan fingerprint density at radius 2 is 2.00 bits per heavy atom. The first-order valence-corrected chi connectivity index (χ1v) is 8.15. The molecular formula is C15H18N2O4S. The highest BCUT2D eigenvalue weighted by atomic mass is 32.2. The van der Waals surface area contributed by atoms with Crippen LogP contribution in [0.25, 0.3) is 0 Å². The summed E-state index contributed by atoms with van der Waals surface area (Å²) in [5, 5.41) is 11.6. The summed E-state index contributed by atoms with van der Waals surface area (Å²) in [6.45, 7) is 2.10. The van der Waals surface area contributed by atoms with Crippen LogP contribution < -0.4 is 5.32 Å². The van der Waals surface area contributed by atoms with E-state index in [-0.39, 0.29) is 17.4 Å². The zero-order valence-corrected chi connectivity index (χ0v) is 13.1. The standard InChI is InChI=1S/C15H18N2O4S/c1-2-13(18)17-9-22-8-12(17)14(19)16-7-10-3-5-11(6-4-10)15(20)21/h3-6,12H,2,7-9H2,1H3,(H,16,19)(H,20,21). The molecule has 0 radical (unpaired) electrons. The summed E-state index contributed by atoms with van der Waals surface area (Å²) in [5.41, 5.74) is 1.03. The number of amides is 2. The molecule has 0 aromatic heterocycles. The van der Waals surface area contributed by atoms with E-state index in [4.69, 9.17) is 5.11 Å². The number of carboxylic acid groups (broad SMARTS) is 1. The summed E-state index contributed by atoms with van der Waals surface area (Å²) < 4.78 is 0. The van der Waals surface area contributed by atoms with Crippen LogP contribution in [0, 0.1) is 0 Å². The van der Waals surface area contributed by atoms with E-state index in [1.54, 1.807) is 35.7 Å². The number of aromatic carboxylic acids is 1. The molecule has 6 nitrogen and oxygen atoms in total. The van der Waals surface area contributed by atoms with E-state index < -0.39 is 12.0 Å². The summed E-state index contributed by atoms with van der Waals surface area (Å²) in [6, 6.07) is 5.92. The molecule has 0 bridgehead atoms. The Kier molecular flexibility index (Phi) is 5.43. The lowest BCUT2D eigenvalue weighted by atomic mass is 10.1. The van der Waals surface area contributed by atoms with Gasteiger partial charge in [0, 0.05) is 18.7 Å². The van der Waals surface area contributed by atoms with E-state index in [1.807, 2.05) is 0 Å². The molecule has 1 fully saturated rings. The third-order valence-electron chi connectivity index (χ3n) is 3.48. The second-order valence-corrected chi connectivity index (χ2v) is 5.95. The quantitative estimate of drug-likeness (QED) is 0.853. The minimum atomic E-state index is -0.979. The van der Waals surface area contributed by atoms with Crippen molar-refractivity contribution in [3.63, 3.8) is 0 Å². The molecule has 7 heteroatoms. The largest absolute Gasteiger partial charge is 0.478 e. The highest BCUT2D eigenvalue weighted by Gasteiger charge is 2.33. The highest BCUT2D eigenvalue weighted by molar-refractivity contribution is 7.99. The van der Waals surface area contributed by atoms with Crippen molar-refractivity contribution in [1.82, 2.24) is 10.2 Å². The van der Waals surface area contributed by atoms with Crippen LogP contribution in [0.5, 0.6) is 0 Å². The van der Waals surface area contributed by atoms with E-state index in [2.05, 4.69) is 5.32 Å². The topological polar surface area (TPSA) is 86.7 Å². The third kappa shape index (κ3) is 3.79. The van der Waals surface area contributed by atoms with Gasteiger partial charge in [-0.3, -0.25) is 9.59 Å². The zero-order chi connectivity index (χ0) is 16.1. The number of carboxylic acids is 1. The van der Waals surface area contributed by atoms with Crippen molar-refractivity contribution in [2.24, 2.45) is 0 Å². The number of benzene rings is 1. The van der Waals surface area contributed by atoms with Crippen LogP contribution in [0.2, 0.25) is 0 Å². The molecule has 1 unspecified atom stereocenters. The fraction of sp³-hybridized carbons (Fsp3) is 0.400. The molecule has 2 rings (SSSR count). The molecule has 1 aliphatic rings. The normalized spacial score (nSPS) is 17.3. The Bertz CT molecular complexity index is 573. The number of carbonyl (C=O) groups excluding carboxylic acids is 2. The highest BCUT2D eigenvalue weighted by Crippen LogP contribution is 2.21.